The molecule has 0 aromatic heterocycles. The van der Waals surface area contributed by atoms with Crippen molar-refractivity contribution in [2.45, 2.75) is 0 Å². The lowest BCUT2D eigenvalue weighted by Crippen LogP contribution is -2.06. The molecule has 50 heavy (non-hydrogen) atoms. The van der Waals surface area contributed by atoms with Crippen LogP contribution >= 0.6 is 0 Å². The first kappa shape index (κ1) is 32.3. The summed E-state index contributed by atoms with van der Waals surface area (Å²) >= 11 is 0. The van der Waals surface area contributed by atoms with Crippen molar-refractivity contribution in [3.63, 3.8) is 0 Å². The Bertz CT molecular complexity index is 2370. The normalized spacial score (nSPS) is 16.6. The van der Waals surface area contributed by atoms with Gasteiger partial charge in [0.2, 0.25) is 0 Å². The van der Waals surface area contributed by atoms with E-state index in [1.54, 1.807) is 0 Å². The second kappa shape index (κ2) is 12.2. The van der Waals surface area contributed by atoms with Crippen molar-refractivity contribution in [3.8, 4) is 23.0 Å². The van der Waals surface area contributed by atoms with Gasteiger partial charge in [-0.15, -0.1) is 0 Å². The van der Waals surface area contributed by atoms with Gasteiger partial charge in [0.05, 0.1) is 5.56 Å². The Kier molecular flexibility index (Phi) is 7.87. The smallest absolute Gasteiger partial charge is 0.373 e. The molecule has 3 aliphatic rings. The van der Waals surface area contributed by atoms with Crippen LogP contribution in [-0.4, -0.2) is 60.7 Å². The molecule has 0 spiro atoms. The molecule has 15 heteroatoms. The Balaban J connectivity index is 0.00000139. The number of rotatable bonds is 5. The third kappa shape index (κ3) is 5.33. The van der Waals surface area contributed by atoms with Crippen molar-refractivity contribution in [3.05, 3.63) is 118 Å². The van der Waals surface area contributed by atoms with Gasteiger partial charge in [-0.05, 0) is 70.6 Å². The molecule has 0 unspecified atom stereocenters. The van der Waals surface area contributed by atoms with Crippen LogP contribution in [-0.2, 0) is 33.4 Å². The van der Waals surface area contributed by atoms with Gasteiger partial charge in [-0.2, -0.15) is 9.59 Å². The number of cyclic esters (lactones) is 2. The first-order valence-electron chi connectivity index (χ1n) is 14.0. The van der Waals surface area contributed by atoms with Crippen LogP contribution in [0.2, 0.25) is 0 Å². The van der Waals surface area contributed by atoms with E-state index in [-0.39, 0.29) is 67.8 Å². The highest BCUT2D eigenvalue weighted by Gasteiger charge is 2.40. The largest absolute Gasteiger partial charge is 0.508 e. The number of phenolic OH excluding ortho intramolecular Hbond substituents is 3. The molecule has 0 aliphatic carbocycles. The van der Waals surface area contributed by atoms with E-state index in [0.717, 1.165) is 6.07 Å². The summed E-state index contributed by atoms with van der Waals surface area (Å²) in [5.41, 5.74) is -1.54. The minimum absolute atomic E-state index is 0.00239. The molecule has 4 aromatic rings. The average molecular weight is 679 g/mol. The third-order valence-corrected chi connectivity index (χ3v) is 7.66. The van der Waals surface area contributed by atoms with E-state index in [2.05, 4.69) is 0 Å². The second-order valence-electron chi connectivity index (χ2n) is 10.6. The number of carbonyl (C=O) groups excluding carboxylic acids is 5. The Morgan fingerprint density at radius 1 is 0.680 bits per heavy atom. The highest BCUT2D eigenvalue weighted by atomic mass is 16.6. The molecule has 0 saturated carbocycles. The lowest BCUT2D eigenvalue weighted by Gasteiger charge is -2.11. The van der Waals surface area contributed by atoms with Gasteiger partial charge in [0.15, 0.2) is 34.5 Å². The number of benzene rings is 4. The van der Waals surface area contributed by atoms with Gasteiger partial charge in [0.1, 0.15) is 28.2 Å². The van der Waals surface area contributed by atoms with Gasteiger partial charge in [-0.25, -0.2) is 19.2 Å². The van der Waals surface area contributed by atoms with E-state index >= 15 is 0 Å². The fourth-order valence-electron chi connectivity index (χ4n) is 5.55. The number of aliphatic hydroxyl groups excluding tert-OH is 2. The van der Waals surface area contributed by atoms with Crippen LogP contribution in [0, 0.1) is 0 Å². The van der Waals surface area contributed by atoms with Gasteiger partial charge in [0.25, 0.3) is 0 Å². The van der Waals surface area contributed by atoms with Gasteiger partial charge in [0, 0.05) is 10.9 Å². The number of ether oxygens (including phenoxy) is 3. The van der Waals surface area contributed by atoms with Crippen molar-refractivity contribution in [2.24, 2.45) is 0 Å². The van der Waals surface area contributed by atoms with E-state index in [0.29, 0.717) is 5.56 Å². The van der Waals surface area contributed by atoms with Crippen LogP contribution < -0.4 is 4.74 Å². The lowest BCUT2D eigenvalue weighted by atomic mass is 9.90. The van der Waals surface area contributed by atoms with Gasteiger partial charge < -0.3 is 44.8 Å². The van der Waals surface area contributed by atoms with E-state index in [9.17, 15) is 49.8 Å². The highest BCUT2D eigenvalue weighted by Crippen LogP contribution is 2.49. The number of aliphatic hydroxyl groups is 2. The zero-order valence-corrected chi connectivity index (χ0v) is 24.8. The average Bonchev–Trinajstić information content (AvgIpc) is 3.66. The van der Waals surface area contributed by atoms with Crippen molar-refractivity contribution in [2.75, 3.05) is 0 Å². The van der Waals surface area contributed by atoms with Gasteiger partial charge in [-0.1, -0.05) is 24.3 Å². The summed E-state index contributed by atoms with van der Waals surface area (Å²) in [5.74, 6) is -8.19. The highest BCUT2D eigenvalue weighted by molar-refractivity contribution is 6.29. The molecule has 248 valence electrons. The van der Waals surface area contributed by atoms with Crippen molar-refractivity contribution in [1.29, 1.82) is 0 Å². The van der Waals surface area contributed by atoms with E-state index < -0.39 is 58.1 Å². The van der Waals surface area contributed by atoms with Crippen molar-refractivity contribution in [1.82, 2.24) is 0 Å². The molecule has 6 N–H and O–H groups in total. The molecule has 7 rings (SSSR count). The molecular weight excluding hydrogens is 660 g/mol. The van der Waals surface area contributed by atoms with Crippen LogP contribution in [0.1, 0.15) is 32.6 Å². The summed E-state index contributed by atoms with van der Waals surface area (Å²) < 4.78 is 15.7. The van der Waals surface area contributed by atoms with Gasteiger partial charge >= 0.3 is 30.0 Å². The predicted octanol–water partition coefficient (Wildman–Crippen LogP) is 4.09. The zero-order chi connectivity index (χ0) is 36.0. The quantitative estimate of drug-likeness (QED) is 0.0987. The Morgan fingerprint density at radius 3 is 1.90 bits per heavy atom. The predicted molar refractivity (Wildman–Crippen MR) is 166 cm³/mol. The van der Waals surface area contributed by atoms with E-state index in [4.69, 9.17) is 23.8 Å². The number of hydrogen-bond acceptors (Lipinski definition) is 14. The first-order chi connectivity index (χ1) is 23.8. The summed E-state index contributed by atoms with van der Waals surface area (Å²) in [6.45, 7) is 0. The van der Waals surface area contributed by atoms with Crippen molar-refractivity contribution < 1.29 is 73.6 Å². The van der Waals surface area contributed by atoms with Crippen LogP contribution in [0.4, 0.5) is 0 Å². The molecule has 3 heterocycles. The van der Waals surface area contributed by atoms with Crippen LogP contribution in [0.25, 0.3) is 33.6 Å². The maximum absolute atomic E-state index is 13.3. The fraction of sp³-hybridized carbons (Fsp3) is 0. The maximum atomic E-state index is 13.3. The van der Waals surface area contributed by atoms with Gasteiger partial charge in [-0.3, -0.25) is 0 Å². The summed E-state index contributed by atoms with van der Waals surface area (Å²) in [5, 5.41) is 62.2. The minimum Gasteiger partial charge on any atom is -0.508 e. The molecular formula is C35H18O15. The topological polar surface area (TPSA) is 251 Å². The summed E-state index contributed by atoms with van der Waals surface area (Å²) in [7, 11) is 0. The number of carboxylic acids is 1. The summed E-state index contributed by atoms with van der Waals surface area (Å²) in [6, 6.07) is 14.2. The molecule has 4 aromatic carbocycles. The Labute approximate surface area is 277 Å². The molecule has 15 nitrogen and oxygen atoms in total. The second-order valence-corrected chi connectivity index (χ2v) is 10.6. The lowest BCUT2D eigenvalue weighted by molar-refractivity contribution is -0.191. The third-order valence-electron chi connectivity index (χ3n) is 7.66. The number of aromatic hydroxyl groups is 3. The maximum Gasteiger partial charge on any atom is 0.373 e. The number of phenols is 3. The molecule has 0 radical (unpaired) electrons. The number of carbonyl (C=O) groups is 4. The van der Waals surface area contributed by atoms with Crippen LogP contribution in [0.3, 0.4) is 0 Å². The standard InChI is InChI=1S/C34H18O13.CO2/c35-16-5-1-13(2-6-16)9-22-27(38)23(33(43)45-22)15-10-18-19(12-21(37)29-25(18)20(11-15)32(42)46-29)26-28(39)30(47-34(26)44)24(31(40)41)14-3-7-17(36)8-4-14;2-1-3/h1-12,35-39H,(H,40,41);/b22-9-,30-24+;. The van der Waals surface area contributed by atoms with E-state index in [1.807, 2.05) is 0 Å². The van der Waals surface area contributed by atoms with Crippen LogP contribution in [0.15, 0.2) is 89.8 Å². The summed E-state index contributed by atoms with van der Waals surface area (Å²) in [6.07, 6.45) is 1.59. The first-order valence-corrected chi connectivity index (χ1v) is 14.0. The fourth-order valence-corrected chi connectivity index (χ4v) is 5.55. The molecule has 0 bridgehead atoms. The number of aliphatic carboxylic acids is 1. The monoisotopic (exact) mass is 678 g/mol. The van der Waals surface area contributed by atoms with Crippen LogP contribution in [0.5, 0.6) is 23.0 Å². The molecule has 0 saturated heterocycles. The molecule has 0 fully saturated rings. The zero-order valence-electron chi connectivity index (χ0n) is 24.8. The number of hydrogen-bond donors (Lipinski definition) is 6. The van der Waals surface area contributed by atoms with E-state index in [1.165, 1.54) is 66.7 Å². The molecule has 0 amide bonds. The Morgan fingerprint density at radius 2 is 1.28 bits per heavy atom. The molecule has 3 aliphatic heterocycles. The van der Waals surface area contributed by atoms with Crippen molar-refractivity contribution >= 4 is 63.6 Å². The molecule has 0 atom stereocenters. The Hall–Kier alpha value is -7.64. The SMILES string of the molecule is O=C1O/C(=C\c2ccc(O)cc2)C(O)=C1c1cc2c3c(c(O)cc(C4=C(O)/C(=C(\C(=O)O)c5ccc(O)cc5)OC4=O)c3c1)OC2=O.O=C=O. The minimum atomic E-state index is -1.57. The number of carboxylic acid groups (broad SMARTS) is 1. The summed E-state index contributed by atoms with van der Waals surface area (Å²) in [4.78, 5) is 67.7. The number of esters is 3.